The number of nitrogens with two attached hydrogens (primary N) is 1. The van der Waals surface area contributed by atoms with Crippen molar-refractivity contribution in [1.82, 2.24) is 10.2 Å². The average molecular weight is 273 g/mol. The van der Waals surface area contributed by atoms with E-state index in [0.717, 1.165) is 38.2 Å². The Morgan fingerprint density at radius 1 is 1.25 bits per heavy atom. The van der Waals surface area contributed by atoms with Gasteiger partial charge < -0.3 is 11.1 Å². The number of amides is 1. The van der Waals surface area contributed by atoms with Crippen LogP contribution in [0.2, 0.25) is 0 Å². The highest BCUT2D eigenvalue weighted by atomic mass is 16.1. The van der Waals surface area contributed by atoms with Crippen molar-refractivity contribution in [2.24, 2.45) is 5.73 Å². The summed E-state index contributed by atoms with van der Waals surface area (Å²) in [6, 6.07) is 8.07. The summed E-state index contributed by atoms with van der Waals surface area (Å²) in [5.41, 5.74) is 8.20. The Morgan fingerprint density at radius 3 is 2.80 bits per heavy atom. The van der Waals surface area contributed by atoms with Crippen molar-refractivity contribution in [3.05, 3.63) is 35.4 Å². The molecule has 1 saturated carbocycles. The lowest BCUT2D eigenvalue weighted by Crippen LogP contribution is -2.40. The number of nitrogens with zero attached hydrogens (tertiary/aromatic N) is 1. The molecule has 3 rings (SSSR count). The molecule has 108 valence electrons. The van der Waals surface area contributed by atoms with Gasteiger partial charge in [0.2, 0.25) is 5.91 Å². The molecule has 1 amide bonds. The molecule has 1 aliphatic heterocycles. The van der Waals surface area contributed by atoms with E-state index in [4.69, 9.17) is 5.73 Å². The lowest BCUT2D eigenvalue weighted by atomic mass is 9.95. The van der Waals surface area contributed by atoms with Gasteiger partial charge >= 0.3 is 0 Å². The molecule has 3 N–H and O–H groups in total. The van der Waals surface area contributed by atoms with E-state index in [0.29, 0.717) is 5.92 Å². The zero-order chi connectivity index (χ0) is 13.9. The van der Waals surface area contributed by atoms with E-state index < -0.39 is 0 Å². The molecule has 2 aliphatic rings. The Balaban J connectivity index is 1.91. The highest BCUT2D eigenvalue weighted by Gasteiger charge is 2.33. The quantitative estimate of drug-likeness (QED) is 0.871. The second-order valence-electron chi connectivity index (χ2n) is 5.85. The minimum atomic E-state index is -0.272. The molecule has 1 aromatic carbocycles. The molecule has 20 heavy (non-hydrogen) atoms. The van der Waals surface area contributed by atoms with Crippen molar-refractivity contribution < 1.29 is 4.79 Å². The minimum absolute atomic E-state index is 0.222. The molecule has 1 aromatic rings. The molecule has 1 atom stereocenters. The van der Waals surface area contributed by atoms with Gasteiger partial charge in [-0.2, -0.15) is 0 Å². The molecule has 0 bridgehead atoms. The zero-order valence-corrected chi connectivity index (χ0v) is 11.8. The topological polar surface area (TPSA) is 58.4 Å². The summed E-state index contributed by atoms with van der Waals surface area (Å²) in [5.74, 6) is 0.415. The van der Waals surface area contributed by atoms with Crippen molar-refractivity contribution in [2.75, 3.05) is 26.2 Å². The van der Waals surface area contributed by atoms with Gasteiger partial charge in [0.1, 0.15) is 6.04 Å². The van der Waals surface area contributed by atoms with Gasteiger partial charge in [-0.25, -0.2) is 0 Å². The summed E-state index contributed by atoms with van der Waals surface area (Å²) in [4.78, 5) is 14.3. The molecule has 0 spiro atoms. The molecule has 0 aromatic heterocycles. The third-order valence-corrected chi connectivity index (χ3v) is 4.32. The fourth-order valence-corrected chi connectivity index (χ4v) is 3.18. The smallest absolute Gasteiger partial charge is 0.239 e. The summed E-state index contributed by atoms with van der Waals surface area (Å²) in [7, 11) is 0. The fraction of sp³-hybridized carbons (Fsp3) is 0.562. The third-order valence-electron chi connectivity index (χ3n) is 4.32. The summed E-state index contributed by atoms with van der Waals surface area (Å²) in [6.45, 7) is 3.76. The molecular formula is C16H23N3O. The van der Waals surface area contributed by atoms with E-state index in [1.54, 1.807) is 0 Å². The second-order valence-corrected chi connectivity index (χ2v) is 5.85. The molecular weight excluding hydrogens is 250 g/mol. The monoisotopic (exact) mass is 273 g/mol. The number of primary amides is 1. The lowest BCUT2D eigenvalue weighted by molar-refractivity contribution is -0.123. The van der Waals surface area contributed by atoms with Gasteiger partial charge in [0.05, 0.1) is 0 Å². The van der Waals surface area contributed by atoms with Crippen molar-refractivity contribution in [3.63, 3.8) is 0 Å². The molecule has 1 aliphatic carbocycles. The third kappa shape index (κ3) is 2.86. The highest BCUT2D eigenvalue weighted by Crippen LogP contribution is 2.43. The van der Waals surface area contributed by atoms with Crippen LogP contribution in [0.4, 0.5) is 0 Å². The van der Waals surface area contributed by atoms with Crippen LogP contribution < -0.4 is 11.1 Å². The number of nitrogens with one attached hydrogen (secondary N) is 1. The van der Waals surface area contributed by atoms with Gasteiger partial charge in [-0.15, -0.1) is 0 Å². The molecule has 4 nitrogen and oxygen atoms in total. The van der Waals surface area contributed by atoms with Gasteiger partial charge in [-0.1, -0.05) is 24.3 Å². The van der Waals surface area contributed by atoms with Gasteiger partial charge in [0.25, 0.3) is 0 Å². The number of hydrogen-bond donors (Lipinski definition) is 2. The number of rotatable bonds is 4. The van der Waals surface area contributed by atoms with Crippen LogP contribution in [0.25, 0.3) is 0 Å². The van der Waals surface area contributed by atoms with Crippen molar-refractivity contribution in [3.8, 4) is 0 Å². The maximum atomic E-state index is 12.1. The summed E-state index contributed by atoms with van der Waals surface area (Å²) in [6.07, 6.45) is 3.55. The molecule has 0 radical (unpaired) electrons. The van der Waals surface area contributed by atoms with E-state index in [9.17, 15) is 4.79 Å². The van der Waals surface area contributed by atoms with E-state index >= 15 is 0 Å². The number of hydrogen-bond acceptors (Lipinski definition) is 3. The first kappa shape index (κ1) is 13.6. The SMILES string of the molecule is NC(=O)C(c1ccccc1C1CC1)N1CCCNCC1. The van der Waals surface area contributed by atoms with Crippen LogP contribution in [0.5, 0.6) is 0 Å². The van der Waals surface area contributed by atoms with Crippen molar-refractivity contribution in [1.29, 1.82) is 0 Å². The predicted molar refractivity (Wildman–Crippen MR) is 79.4 cm³/mol. The van der Waals surface area contributed by atoms with Gasteiger partial charge in [-0.05, 0) is 42.9 Å². The maximum Gasteiger partial charge on any atom is 0.239 e. The largest absolute Gasteiger partial charge is 0.368 e. The summed E-state index contributed by atoms with van der Waals surface area (Å²) < 4.78 is 0. The van der Waals surface area contributed by atoms with E-state index in [1.807, 2.05) is 6.07 Å². The van der Waals surface area contributed by atoms with Crippen molar-refractivity contribution in [2.45, 2.75) is 31.2 Å². The van der Waals surface area contributed by atoms with Crippen LogP contribution in [0, 0.1) is 0 Å². The average Bonchev–Trinajstić information content (AvgIpc) is 3.27. The first-order chi connectivity index (χ1) is 9.77. The maximum absolute atomic E-state index is 12.1. The fourth-order valence-electron chi connectivity index (χ4n) is 3.18. The van der Waals surface area contributed by atoms with E-state index in [2.05, 4.69) is 28.4 Å². The van der Waals surface area contributed by atoms with Gasteiger partial charge in [-0.3, -0.25) is 9.69 Å². The van der Waals surface area contributed by atoms with Gasteiger partial charge in [0.15, 0.2) is 0 Å². The predicted octanol–water partition coefficient (Wildman–Crippen LogP) is 1.39. The van der Waals surface area contributed by atoms with Crippen LogP contribution in [0.3, 0.4) is 0 Å². The molecule has 4 heteroatoms. The van der Waals surface area contributed by atoms with Gasteiger partial charge in [0, 0.05) is 19.6 Å². The Bertz CT molecular complexity index is 476. The van der Waals surface area contributed by atoms with Crippen LogP contribution in [0.15, 0.2) is 24.3 Å². The highest BCUT2D eigenvalue weighted by molar-refractivity contribution is 5.82. The zero-order valence-electron chi connectivity index (χ0n) is 11.8. The van der Waals surface area contributed by atoms with E-state index in [-0.39, 0.29) is 11.9 Å². The molecule has 2 fully saturated rings. The van der Waals surface area contributed by atoms with Crippen molar-refractivity contribution >= 4 is 5.91 Å². The Labute approximate surface area is 120 Å². The second kappa shape index (κ2) is 5.94. The number of carbonyl (C=O) groups is 1. The molecule has 1 unspecified atom stereocenters. The van der Waals surface area contributed by atoms with Crippen LogP contribution in [-0.4, -0.2) is 37.0 Å². The first-order valence-electron chi connectivity index (χ1n) is 7.60. The first-order valence-corrected chi connectivity index (χ1v) is 7.60. The number of benzene rings is 1. The standard InChI is InChI=1S/C16H23N3O/c17-16(20)15(19-10-3-8-18-9-11-19)14-5-2-1-4-13(14)12-6-7-12/h1-2,4-5,12,15,18H,3,6-11H2,(H2,17,20). The Hall–Kier alpha value is -1.39. The summed E-state index contributed by atoms with van der Waals surface area (Å²) in [5, 5.41) is 3.38. The van der Waals surface area contributed by atoms with Crippen LogP contribution in [0.1, 0.15) is 42.3 Å². The Kier molecular flexibility index (Phi) is 4.03. The molecule has 1 heterocycles. The van der Waals surface area contributed by atoms with E-state index in [1.165, 1.54) is 18.4 Å². The summed E-state index contributed by atoms with van der Waals surface area (Å²) >= 11 is 0. The molecule has 1 saturated heterocycles. The van der Waals surface area contributed by atoms with Crippen LogP contribution in [-0.2, 0) is 4.79 Å². The number of carbonyl (C=O) groups excluding carboxylic acids is 1. The minimum Gasteiger partial charge on any atom is -0.368 e. The normalized spacial score (nSPS) is 22.2. The Morgan fingerprint density at radius 2 is 2.05 bits per heavy atom. The lowest BCUT2D eigenvalue weighted by Gasteiger charge is -2.29. The van der Waals surface area contributed by atoms with Crippen LogP contribution >= 0.6 is 0 Å².